The fraction of sp³-hybridized carbons (Fsp3) is 0.217. The van der Waals surface area contributed by atoms with Gasteiger partial charge in [0.25, 0.3) is 5.91 Å². The van der Waals surface area contributed by atoms with Gasteiger partial charge >= 0.3 is 0 Å². The standard InChI is InChI=1S/C23H23N5O2/c1-14-18(3-2-4-19(14)21(24)29)20-11-12-25-23(28-20)27-17-9-7-16(8-10-17)22(30)26-13-15-5-6-15/h2-4,7-12,15H,5-6,13H2,1H3,(H2,24,29)(H,26,30)(H,25,27,28). The second-order valence-corrected chi connectivity index (χ2v) is 7.46. The highest BCUT2D eigenvalue weighted by atomic mass is 16.2. The number of anilines is 2. The smallest absolute Gasteiger partial charge is 0.251 e. The second-order valence-electron chi connectivity index (χ2n) is 7.46. The Balaban J connectivity index is 1.49. The van der Waals surface area contributed by atoms with Gasteiger partial charge in [0.05, 0.1) is 5.69 Å². The van der Waals surface area contributed by atoms with Gasteiger partial charge in [0.15, 0.2) is 0 Å². The Kier molecular flexibility index (Phi) is 5.43. The van der Waals surface area contributed by atoms with Gasteiger partial charge in [0.1, 0.15) is 0 Å². The molecule has 0 atom stereocenters. The van der Waals surface area contributed by atoms with Gasteiger partial charge in [-0.3, -0.25) is 9.59 Å². The van der Waals surface area contributed by atoms with Crippen molar-refractivity contribution in [3.8, 4) is 11.3 Å². The molecule has 0 radical (unpaired) electrons. The summed E-state index contributed by atoms with van der Waals surface area (Å²) in [4.78, 5) is 32.6. The Morgan fingerprint density at radius 1 is 1.10 bits per heavy atom. The molecule has 0 aliphatic heterocycles. The van der Waals surface area contributed by atoms with Crippen molar-refractivity contribution in [3.63, 3.8) is 0 Å². The third kappa shape index (κ3) is 4.46. The van der Waals surface area contributed by atoms with Crippen LogP contribution in [0.3, 0.4) is 0 Å². The Labute approximate surface area is 174 Å². The molecule has 7 heteroatoms. The highest BCUT2D eigenvalue weighted by Crippen LogP contribution is 2.28. The molecule has 4 N–H and O–H groups in total. The highest BCUT2D eigenvalue weighted by Gasteiger charge is 2.21. The number of rotatable bonds is 7. The normalized spacial score (nSPS) is 13.0. The summed E-state index contributed by atoms with van der Waals surface area (Å²) in [5.74, 6) is 0.536. The number of hydrogen-bond acceptors (Lipinski definition) is 5. The summed E-state index contributed by atoms with van der Waals surface area (Å²) in [5.41, 5.74) is 9.59. The molecule has 4 rings (SSSR count). The summed E-state index contributed by atoms with van der Waals surface area (Å²) in [6, 6.07) is 14.3. The zero-order chi connectivity index (χ0) is 21.1. The first-order valence-corrected chi connectivity index (χ1v) is 9.89. The second kappa shape index (κ2) is 8.32. The maximum atomic E-state index is 12.2. The van der Waals surface area contributed by atoms with Crippen LogP contribution >= 0.6 is 0 Å². The molecule has 30 heavy (non-hydrogen) atoms. The molecule has 152 valence electrons. The van der Waals surface area contributed by atoms with Crippen LogP contribution < -0.4 is 16.4 Å². The monoisotopic (exact) mass is 401 g/mol. The van der Waals surface area contributed by atoms with Gasteiger partial charge in [-0.2, -0.15) is 0 Å². The zero-order valence-electron chi connectivity index (χ0n) is 16.7. The molecule has 0 bridgehead atoms. The molecule has 2 amide bonds. The maximum absolute atomic E-state index is 12.2. The summed E-state index contributed by atoms with van der Waals surface area (Å²) >= 11 is 0. The summed E-state index contributed by atoms with van der Waals surface area (Å²) in [7, 11) is 0. The Bertz CT molecular complexity index is 1090. The molecule has 0 spiro atoms. The molecule has 2 aromatic carbocycles. The fourth-order valence-corrected chi connectivity index (χ4v) is 3.24. The number of primary amides is 1. The quantitative estimate of drug-likeness (QED) is 0.562. The van der Waals surface area contributed by atoms with Crippen molar-refractivity contribution in [1.29, 1.82) is 0 Å². The average molecular weight is 401 g/mol. The van der Waals surface area contributed by atoms with Gasteiger partial charge in [-0.25, -0.2) is 9.97 Å². The largest absolute Gasteiger partial charge is 0.366 e. The zero-order valence-corrected chi connectivity index (χ0v) is 16.7. The van der Waals surface area contributed by atoms with E-state index in [1.807, 2.05) is 25.1 Å². The minimum absolute atomic E-state index is 0.0588. The van der Waals surface area contributed by atoms with Crippen LogP contribution in [0.1, 0.15) is 39.1 Å². The number of benzene rings is 2. The van der Waals surface area contributed by atoms with E-state index in [4.69, 9.17) is 5.73 Å². The highest BCUT2D eigenvalue weighted by molar-refractivity contribution is 5.96. The molecular formula is C23H23N5O2. The first-order valence-electron chi connectivity index (χ1n) is 9.89. The van der Waals surface area contributed by atoms with Crippen molar-refractivity contribution in [3.05, 3.63) is 71.4 Å². The van der Waals surface area contributed by atoms with E-state index < -0.39 is 5.91 Å². The number of aromatic nitrogens is 2. The number of nitrogens with two attached hydrogens (primary N) is 1. The molecule has 1 aliphatic carbocycles. The molecule has 1 aromatic heterocycles. The van der Waals surface area contributed by atoms with E-state index >= 15 is 0 Å². The lowest BCUT2D eigenvalue weighted by molar-refractivity contribution is 0.0950. The van der Waals surface area contributed by atoms with Crippen LogP contribution in [0.15, 0.2) is 54.7 Å². The van der Waals surface area contributed by atoms with Crippen molar-refractivity contribution in [2.75, 3.05) is 11.9 Å². The van der Waals surface area contributed by atoms with Crippen molar-refractivity contribution in [1.82, 2.24) is 15.3 Å². The topological polar surface area (TPSA) is 110 Å². The molecule has 1 heterocycles. The van der Waals surface area contributed by atoms with E-state index in [9.17, 15) is 9.59 Å². The summed E-state index contributed by atoms with van der Waals surface area (Å²) in [6.45, 7) is 2.59. The minimum atomic E-state index is -0.469. The van der Waals surface area contributed by atoms with E-state index in [0.29, 0.717) is 28.7 Å². The van der Waals surface area contributed by atoms with Crippen molar-refractivity contribution < 1.29 is 9.59 Å². The number of nitrogens with one attached hydrogen (secondary N) is 2. The molecule has 0 unspecified atom stereocenters. The first-order chi connectivity index (χ1) is 14.5. The molecule has 1 aliphatic rings. The lowest BCUT2D eigenvalue weighted by Crippen LogP contribution is -2.25. The van der Waals surface area contributed by atoms with E-state index in [2.05, 4.69) is 20.6 Å². The lowest BCUT2D eigenvalue weighted by atomic mass is 9.99. The van der Waals surface area contributed by atoms with E-state index in [1.54, 1.807) is 36.5 Å². The number of hydrogen-bond donors (Lipinski definition) is 3. The summed E-state index contributed by atoms with van der Waals surface area (Å²) < 4.78 is 0. The third-order valence-corrected chi connectivity index (χ3v) is 5.18. The minimum Gasteiger partial charge on any atom is -0.366 e. The molecule has 0 saturated heterocycles. The van der Waals surface area contributed by atoms with Crippen LogP contribution in [0, 0.1) is 12.8 Å². The van der Waals surface area contributed by atoms with Crippen molar-refractivity contribution in [2.24, 2.45) is 11.7 Å². The van der Waals surface area contributed by atoms with Crippen LogP contribution in [-0.4, -0.2) is 28.3 Å². The van der Waals surface area contributed by atoms with E-state index in [0.717, 1.165) is 23.4 Å². The van der Waals surface area contributed by atoms with Crippen LogP contribution in [0.25, 0.3) is 11.3 Å². The Morgan fingerprint density at radius 2 is 1.87 bits per heavy atom. The maximum Gasteiger partial charge on any atom is 0.251 e. The van der Waals surface area contributed by atoms with E-state index in [1.165, 1.54) is 12.8 Å². The number of carbonyl (C=O) groups is 2. The third-order valence-electron chi connectivity index (χ3n) is 5.18. The molecule has 1 saturated carbocycles. The number of amides is 2. The van der Waals surface area contributed by atoms with E-state index in [-0.39, 0.29) is 5.91 Å². The first kappa shape index (κ1) is 19.6. The molecular weight excluding hydrogens is 378 g/mol. The fourth-order valence-electron chi connectivity index (χ4n) is 3.24. The SMILES string of the molecule is Cc1c(C(N)=O)cccc1-c1ccnc(Nc2ccc(C(=O)NCC3CC3)cc2)n1. The summed E-state index contributed by atoms with van der Waals surface area (Å²) in [6.07, 6.45) is 4.06. The van der Waals surface area contributed by atoms with Gasteiger partial charge < -0.3 is 16.4 Å². The van der Waals surface area contributed by atoms with Crippen LogP contribution in [0.5, 0.6) is 0 Å². The molecule has 3 aromatic rings. The molecule has 1 fully saturated rings. The van der Waals surface area contributed by atoms with Gasteiger partial charge in [-0.15, -0.1) is 0 Å². The number of nitrogens with zero attached hydrogens (tertiary/aromatic N) is 2. The molecule has 7 nitrogen and oxygen atoms in total. The predicted molar refractivity (Wildman–Crippen MR) is 116 cm³/mol. The van der Waals surface area contributed by atoms with Crippen LogP contribution in [0.4, 0.5) is 11.6 Å². The Hall–Kier alpha value is -3.74. The van der Waals surface area contributed by atoms with Crippen LogP contribution in [-0.2, 0) is 0 Å². The predicted octanol–water partition coefficient (Wildman–Crippen LogP) is 3.43. The van der Waals surface area contributed by atoms with Gasteiger partial charge in [0.2, 0.25) is 11.9 Å². The van der Waals surface area contributed by atoms with Crippen molar-refractivity contribution >= 4 is 23.5 Å². The number of carbonyl (C=O) groups excluding carboxylic acids is 2. The van der Waals surface area contributed by atoms with Crippen LogP contribution in [0.2, 0.25) is 0 Å². The Morgan fingerprint density at radius 3 is 2.57 bits per heavy atom. The summed E-state index contributed by atoms with van der Waals surface area (Å²) in [5, 5.41) is 6.11. The lowest BCUT2D eigenvalue weighted by Gasteiger charge is -2.11. The van der Waals surface area contributed by atoms with Gasteiger partial charge in [0, 0.05) is 35.1 Å². The van der Waals surface area contributed by atoms with Crippen molar-refractivity contribution in [2.45, 2.75) is 19.8 Å². The van der Waals surface area contributed by atoms with Gasteiger partial charge in [-0.1, -0.05) is 12.1 Å². The van der Waals surface area contributed by atoms with Gasteiger partial charge in [-0.05, 0) is 67.6 Å². The average Bonchev–Trinajstić information content (AvgIpc) is 3.57.